The van der Waals surface area contributed by atoms with Crippen molar-refractivity contribution in [1.29, 1.82) is 5.26 Å². The van der Waals surface area contributed by atoms with Crippen LogP contribution in [0.5, 0.6) is 0 Å². The first kappa shape index (κ1) is 6.71. The summed E-state index contributed by atoms with van der Waals surface area (Å²) in [6, 6.07) is 0. The summed E-state index contributed by atoms with van der Waals surface area (Å²) in [5.74, 6) is 0. The molecule has 0 atom stereocenters. The molecule has 0 aromatic heterocycles. The molecule has 0 rings (SSSR count). The fourth-order valence-electron chi connectivity index (χ4n) is 0.0902. The molecule has 0 saturated heterocycles. The van der Waals surface area contributed by atoms with Crippen LogP contribution in [0.15, 0.2) is 0 Å². The van der Waals surface area contributed by atoms with E-state index in [4.69, 9.17) is 10.3 Å². The van der Waals surface area contributed by atoms with Crippen molar-refractivity contribution in [2.24, 2.45) is 0 Å². The van der Waals surface area contributed by atoms with Gasteiger partial charge in [0.15, 0.2) is 0 Å². The number of hydrogen-bond acceptors (Lipinski definition) is 5. The van der Waals surface area contributed by atoms with Crippen molar-refractivity contribution in [2.45, 2.75) is 0 Å². The fourth-order valence-corrected chi connectivity index (χ4v) is 0.0902. The van der Waals surface area contributed by atoms with E-state index in [0.29, 0.717) is 0 Å². The van der Waals surface area contributed by atoms with Crippen LogP contribution in [0.25, 0.3) is 0 Å². The first-order chi connectivity index (χ1) is 3.68. The van der Waals surface area contributed by atoms with Crippen LogP contribution in [0, 0.1) is 21.6 Å². The summed E-state index contributed by atoms with van der Waals surface area (Å²) in [6.07, 6.45) is 0.957. The van der Waals surface area contributed by atoms with Crippen molar-refractivity contribution < 1.29 is 14.5 Å². The van der Waals surface area contributed by atoms with E-state index < -0.39 is 12.1 Å². The first-order valence-electron chi connectivity index (χ1n) is 1.54. The molecule has 0 fully saturated rings. The number of nitrogens with zero attached hydrogens (tertiary/aromatic N) is 2. The molecule has 0 aliphatic carbocycles. The van der Waals surface area contributed by atoms with Crippen molar-refractivity contribution in [3.63, 3.8) is 0 Å². The van der Waals surface area contributed by atoms with Gasteiger partial charge in [-0.05, 0) is 0 Å². The summed E-state index contributed by atoms with van der Waals surface area (Å²) in [5, 5.41) is 24.9. The summed E-state index contributed by atoms with van der Waals surface area (Å²) >= 11 is 0. The van der Waals surface area contributed by atoms with Crippen LogP contribution in [0.1, 0.15) is 0 Å². The number of rotatable bonds is 2. The highest BCUT2D eigenvalue weighted by Crippen LogP contribution is 1.76. The minimum absolute atomic E-state index is 0.957. The highest BCUT2D eigenvalue weighted by molar-refractivity contribution is 6.32. The molecule has 0 unspecified atom stereocenters. The Bertz CT molecular complexity index is 128. The molecule has 0 bridgehead atoms. The molecule has 7 heteroatoms. The van der Waals surface area contributed by atoms with Crippen molar-refractivity contribution in [3.8, 4) is 6.26 Å². The van der Waals surface area contributed by atoms with Gasteiger partial charge in [-0.2, -0.15) is 5.26 Å². The standard InChI is InChI=1S/CHBN2O4/c3-1-8-2(5)4(6)7/h5H. The summed E-state index contributed by atoms with van der Waals surface area (Å²) in [6.45, 7) is 0. The lowest BCUT2D eigenvalue weighted by Crippen LogP contribution is -2.26. The Morgan fingerprint density at radius 3 is 2.62 bits per heavy atom. The van der Waals surface area contributed by atoms with Crippen LogP contribution in [0.2, 0.25) is 0 Å². The molecule has 6 nitrogen and oxygen atoms in total. The highest BCUT2D eigenvalue weighted by Gasteiger charge is 2.36. The molecular weight excluding hydrogens is 115 g/mol. The summed E-state index contributed by atoms with van der Waals surface area (Å²) < 4.78 is 3.47. The van der Waals surface area contributed by atoms with E-state index in [-0.39, 0.29) is 0 Å². The van der Waals surface area contributed by atoms with Crippen LogP contribution < -0.4 is 0 Å². The highest BCUT2D eigenvalue weighted by atomic mass is 16.7. The molecule has 1 N–H and O–H groups in total. The van der Waals surface area contributed by atoms with Gasteiger partial charge in [0.2, 0.25) is 0 Å². The molecule has 0 heterocycles. The van der Waals surface area contributed by atoms with Gasteiger partial charge in [-0.3, -0.25) is 10.1 Å². The number of nitriles is 1. The second-order valence-electron chi connectivity index (χ2n) is 0.821. The second kappa shape index (κ2) is 2.82. The first-order valence-corrected chi connectivity index (χ1v) is 1.54. The molecule has 42 valence electrons. The van der Waals surface area contributed by atoms with E-state index in [9.17, 15) is 10.1 Å². The molecule has 8 heavy (non-hydrogen) atoms. The lowest BCUT2D eigenvalue weighted by Gasteiger charge is -1.85. The minimum atomic E-state index is -2.22. The normalized spacial score (nSPS) is 7.00. The van der Waals surface area contributed by atoms with E-state index in [1.165, 1.54) is 0 Å². The Balaban J connectivity index is 3.52. The molecule has 0 aromatic carbocycles. The Hall–Kier alpha value is -1.29. The average molecular weight is 116 g/mol. The summed E-state index contributed by atoms with van der Waals surface area (Å²) in [4.78, 5) is 8.23. The Morgan fingerprint density at radius 1 is 2.00 bits per heavy atom. The van der Waals surface area contributed by atoms with E-state index >= 15 is 0 Å². The second-order valence-corrected chi connectivity index (χ2v) is 0.821. The van der Waals surface area contributed by atoms with Crippen LogP contribution >= 0.6 is 0 Å². The number of hydrogen-bond donors (Lipinski definition) is 1. The third kappa shape index (κ3) is 1.99. The molecule has 0 aliphatic heterocycles. The zero-order chi connectivity index (χ0) is 6.57. The maximum atomic E-state index is 9.37. The van der Waals surface area contributed by atoms with Crippen LogP contribution in [-0.4, -0.2) is 17.1 Å². The van der Waals surface area contributed by atoms with Gasteiger partial charge in [0.05, 0.1) is 0 Å². The number of nitro groups is 1. The smallest absolute Gasteiger partial charge is 0.400 e. The summed E-state index contributed by atoms with van der Waals surface area (Å²) in [5.41, 5.74) is 0. The monoisotopic (exact) mass is 116 g/mol. The van der Waals surface area contributed by atoms with Gasteiger partial charge < -0.3 is 9.68 Å². The minimum Gasteiger partial charge on any atom is -0.400 e. The van der Waals surface area contributed by atoms with Crippen LogP contribution in [0.4, 0.5) is 0 Å². The third-order valence-electron chi connectivity index (χ3n) is 0.338. The van der Waals surface area contributed by atoms with Crippen LogP contribution in [0.3, 0.4) is 0 Å². The van der Waals surface area contributed by atoms with Crippen LogP contribution in [-0.2, 0) is 4.65 Å². The predicted molar refractivity (Wildman–Crippen MR) is 21.7 cm³/mol. The SMILES string of the molecule is N#COB(O)[N+](=O)[O-]. The quantitative estimate of drug-likeness (QED) is 0.210. The third-order valence-corrected chi connectivity index (χ3v) is 0.338. The molecule has 0 spiro atoms. The maximum absolute atomic E-state index is 9.37. The van der Waals surface area contributed by atoms with Gasteiger partial charge in [0.25, 0.3) is 6.26 Å². The average Bonchev–Trinajstić information content (AvgIpc) is 1.67. The van der Waals surface area contributed by atoms with Gasteiger partial charge in [0.1, 0.15) is 0 Å². The zero-order valence-corrected chi connectivity index (χ0v) is 3.64. The molecule has 0 radical (unpaired) electrons. The van der Waals surface area contributed by atoms with Gasteiger partial charge in [-0.25, -0.2) is 0 Å². The topological polar surface area (TPSA) is 96.4 Å². The van der Waals surface area contributed by atoms with Crippen molar-refractivity contribution >= 4 is 7.25 Å². The molecule has 0 aliphatic rings. The lowest BCUT2D eigenvalue weighted by molar-refractivity contribution is -0.365. The molecule has 0 aromatic rings. The molecular formula is CHBN2O4. The largest absolute Gasteiger partial charge is 0.983 e. The van der Waals surface area contributed by atoms with Gasteiger partial charge in [-0.15, -0.1) is 0 Å². The molecule has 0 amide bonds. The van der Waals surface area contributed by atoms with Crippen molar-refractivity contribution in [1.82, 2.24) is 0 Å². The maximum Gasteiger partial charge on any atom is 0.983 e. The van der Waals surface area contributed by atoms with Gasteiger partial charge in [-0.1, -0.05) is 0 Å². The zero-order valence-electron chi connectivity index (χ0n) is 3.64. The van der Waals surface area contributed by atoms with Gasteiger partial charge in [0, 0.05) is 4.83 Å². The lowest BCUT2D eigenvalue weighted by atomic mass is 10.2. The Morgan fingerprint density at radius 2 is 2.50 bits per heavy atom. The van der Waals surface area contributed by atoms with Crippen molar-refractivity contribution in [2.75, 3.05) is 0 Å². The predicted octanol–water partition coefficient (Wildman–Crippen LogP) is -1.26. The van der Waals surface area contributed by atoms with Gasteiger partial charge >= 0.3 is 7.25 Å². The van der Waals surface area contributed by atoms with E-state index in [2.05, 4.69) is 4.65 Å². The van der Waals surface area contributed by atoms with Crippen molar-refractivity contribution in [3.05, 3.63) is 10.1 Å². The summed E-state index contributed by atoms with van der Waals surface area (Å²) in [7, 11) is -2.22. The fraction of sp³-hybridized carbons (Fsp3) is 0. The van der Waals surface area contributed by atoms with E-state index in [1.807, 2.05) is 0 Å². The van der Waals surface area contributed by atoms with E-state index in [1.54, 1.807) is 0 Å². The van der Waals surface area contributed by atoms with E-state index in [0.717, 1.165) is 6.26 Å². The molecule has 0 saturated carbocycles. The Kier molecular flexibility index (Phi) is 2.36. The Labute approximate surface area is 44.6 Å².